The van der Waals surface area contributed by atoms with Gasteiger partial charge >= 0.3 is 5.97 Å². The Morgan fingerprint density at radius 1 is 1.09 bits per heavy atom. The summed E-state index contributed by atoms with van der Waals surface area (Å²) in [5.74, 6) is -0.637. The lowest BCUT2D eigenvalue weighted by molar-refractivity contribution is -0.130. The first-order chi connectivity index (χ1) is 10.6. The van der Waals surface area contributed by atoms with Crippen LogP contribution in [0.2, 0.25) is 5.02 Å². The van der Waals surface area contributed by atoms with E-state index in [9.17, 15) is 9.90 Å². The average Bonchev–Trinajstić information content (AvgIpc) is 2.89. The fourth-order valence-electron chi connectivity index (χ4n) is 3.05. The molecule has 0 aliphatic heterocycles. The molecule has 0 saturated heterocycles. The molecule has 1 aliphatic rings. The van der Waals surface area contributed by atoms with Gasteiger partial charge in [-0.05, 0) is 48.1 Å². The van der Waals surface area contributed by atoms with Crippen molar-refractivity contribution in [3.63, 3.8) is 0 Å². The monoisotopic (exact) mass is 312 g/mol. The number of hydrogen-bond donors (Lipinski definition) is 1. The standard InChI is InChI=1S/C19H17ClO2/c20-15-10-8-13(9-11-15)4-3-5-14-12-18(19(21)22)17-7-2-1-6-16(14)17/h1-2,6-12,14H,3-5H2,(H,21,22). The zero-order valence-corrected chi connectivity index (χ0v) is 12.9. The molecule has 0 aromatic heterocycles. The highest BCUT2D eigenvalue weighted by molar-refractivity contribution is 6.30. The minimum atomic E-state index is -0.840. The van der Waals surface area contributed by atoms with Crippen LogP contribution in [0.25, 0.3) is 5.57 Å². The van der Waals surface area contributed by atoms with Gasteiger partial charge in [0.2, 0.25) is 0 Å². The molecule has 0 bridgehead atoms. The highest BCUT2D eigenvalue weighted by atomic mass is 35.5. The Morgan fingerprint density at radius 3 is 2.55 bits per heavy atom. The summed E-state index contributed by atoms with van der Waals surface area (Å²) in [6.45, 7) is 0. The summed E-state index contributed by atoms with van der Waals surface area (Å²) in [4.78, 5) is 11.4. The second-order valence-corrected chi connectivity index (χ2v) is 6.03. The molecule has 0 fully saturated rings. The molecule has 0 radical (unpaired) electrons. The molecule has 3 heteroatoms. The molecule has 3 rings (SSSR count). The number of fused-ring (bicyclic) bond motifs is 1. The van der Waals surface area contributed by atoms with Gasteiger partial charge in [0, 0.05) is 10.9 Å². The zero-order chi connectivity index (χ0) is 15.5. The van der Waals surface area contributed by atoms with Gasteiger partial charge in [0.05, 0.1) is 5.57 Å². The van der Waals surface area contributed by atoms with E-state index in [0.717, 1.165) is 35.4 Å². The zero-order valence-electron chi connectivity index (χ0n) is 12.1. The maximum atomic E-state index is 11.4. The van der Waals surface area contributed by atoms with Gasteiger partial charge in [-0.3, -0.25) is 0 Å². The number of aliphatic carboxylic acids is 1. The van der Waals surface area contributed by atoms with E-state index in [-0.39, 0.29) is 5.92 Å². The first-order valence-electron chi connectivity index (χ1n) is 7.44. The van der Waals surface area contributed by atoms with E-state index >= 15 is 0 Å². The summed E-state index contributed by atoms with van der Waals surface area (Å²) in [7, 11) is 0. The molecule has 2 aromatic carbocycles. The van der Waals surface area contributed by atoms with E-state index < -0.39 is 5.97 Å². The van der Waals surface area contributed by atoms with Crippen LogP contribution in [0.5, 0.6) is 0 Å². The molecule has 1 unspecified atom stereocenters. The summed E-state index contributed by atoms with van der Waals surface area (Å²) < 4.78 is 0. The van der Waals surface area contributed by atoms with Crippen LogP contribution in [0.4, 0.5) is 0 Å². The van der Waals surface area contributed by atoms with Crippen LogP contribution in [-0.4, -0.2) is 11.1 Å². The smallest absolute Gasteiger partial charge is 0.335 e. The highest BCUT2D eigenvalue weighted by Crippen LogP contribution is 2.38. The van der Waals surface area contributed by atoms with Gasteiger partial charge < -0.3 is 5.11 Å². The average molecular weight is 313 g/mol. The fraction of sp³-hybridized carbons (Fsp3) is 0.211. The van der Waals surface area contributed by atoms with E-state index in [2.05, 4.69) is 0 Å². The Kier molecular flexibility index (Phi) is 4.30. The van der Waals surface area contributed by atoms with Crippen LogP contribution in [0, 0.1) is 0 Å². The van der Waals surface area contributed by atoms with Crippen molar-refractivity contribution in [3.05, 3.63) is 76.3 Å². The molecule has 0 heterocycles. The summed E-state index contributed by atoms with van der Waals surface area (Å²) in [5.41, 5.74) is 3.70. The first kappa shape index (κ1) is 14.9. The molecular formula is C19H17ClO2. The SMILES string of the molecule is O=C(O)C1=CC(CCCc2ccc(Cl)cc2)c2ccccc21. The van der Waals surface area contributed by atoms with Crippen LogP contribution in [-0.2, 0) is 11.2 Å². The summed E-state index contributed by atoms with van der Waals surface area (Å²) >= 11 is 5.89. The lowest BCUT2D eigenvalue weighted by Gasteiger charge is -2.10. The lowest BCUT2D eigenvalue weighted by atomic mass is 9.94. The molecule has 1 atom stereocenters. The van der Waals surface area contributed by atoms with Crippen molar-refractivity contribution in [2.75, 3.05) is 0 Å². The van der Waals surface area contributed by atoms with Crippen molar-refractivity contribution in [2.45, 2.75) is 25.2 Å². The van der Waals surface area contributed by atoms with Crippen LogP contribution in [0.3, 0.4) is 0 Å². The topological polar surface area (TPSA) is 37.3 Å². The maximum Gasteiger partial charge on any atom is 0.335 e. The predicted molar refractivity (Wildman–Crippen MR) is 89.2 cm³/mol. The molecule has 112 valence electrons. The number of halogens is 1. The van der Waals surface area contributed by atoms with E-state index in [0.29, 0.717) is 5.57 Å². The number of carboxylic acid groups (broad SMARTS) is 1. The largest absolute Gasteiger partial charge is 0.478 e. The summed E-state index contributed by atoms with van der Waals surface area (Å²) in [6.07, 6.45) is 4.85. The Labute approximate surface area is 135 Å². The molecule has 1 aliphatic carbocycles. The number of benzene rings is 2. The quantitative estimate of drug-likeness (QED) is 0.850. The van der Waals surface area contributed by atoms with Gasteiger partial charge in [-0.25, -0.2) is 4.79 Å². The van der Waals surface area contributed by atoms with Crippen molar-refractivity contribution >= 4 is 23.1 Å². The van der Waals surface area contributed by atoms with Gasteiger partial charge in [-0.2, -0.15) is 0 Å². The minimum absolute atomic E-state index is 0.203. The molecule has 0 amide bonds. The molecule has 0 spiro atoms. The van der Waals surface area contributed by atoms with Crippen molar-refractivity contribution in [3.8, 4) is 0 Å². The third-order valence-electron chi connectivity index (χ3n) is 4.14. The van der Waals surface area contributed by atoms with Crippen molar-refractivity contribution in [1.29, 1.82) is 0 Å². The molecule has 2 aromatic rings. The molecule has 1 N–H and O–H groups in total. The summed E-state index contributed by atoms with van der Waals surface area (Å²) in [6, 6.07) is 15.7. The normalized spacial score (nSPS) is 16.2. The number of hydrogen-bond acceptors (Lipinski definition) is 1. The van der Waals surface area contributed by atoms with E-state index in [1.54, 1.807) is 0 Å². The van der Waals surface area contributed by atoms with Gasteiger partial charge in [0.25, 0.3) is 0 Å². The second kappa shape index (κ2) is 6.37. The van der Waals surface area contributed by atoms with Crippen LogP contribution in [0.1, 0.15) is 35.4 Å². The Morgan fingerprint density at radius 2 is 1.82 bits per heavy atom. The molecule has 2 nitrogen and oxygen atoms in total. The maximum absolute atomic E-state index is 11.4. The molecular weight excluding hydrogens is 296 g/mol. The third-order valence-corrected chi connectivity index (χ3v) is 4.39. The summed E-state index contributed by atoms with van der Waals surface area (Å²) in [5, 5.41) is 10.1. The number of rotatable bonds is 5. The predicted octanol–water partition coefficient (Wildman–Crippen LogP) is 4.93. The van der Waals surface area contributed by atoms with Crippen LogP contribution in [0.15, 0.2) is 54.6 Å². The van der Waals surface area contributed by atoms with Gasteiger partial charge in [-0.15, -0.1) is 0 Å². The van der Waals surface area contributed by atoms with Crippen molar-refractivity contribution in [2.24, 2.45) is 0 Å². The number of allylic oxidation sites excluding steroid dienone is 1. The number of aryl methyl sites for hydroxylation is 1. The van der Waals surface area contributed by atoms with E-state index in [1.807, 2.05) is 54.6 Å². The van der Waals surface area contributed by atoms with Crippen LogP contribution < -0.4 is 0 Å². The van der Waals surface area contributed by atoms with Crippen molar-refractivity contribution in [1.82, 2.24) is 0 Å². The van der Waals surface area contributed by atoms with Gasteiger partial charge in [-0.1, -0.05) is 54.1 Å². The number of carboxylic acids is 1. The second-order valence-electron chi connectivity index (χ2n) is 5.60. The molecule has 22 heavy (non-hydrogen) atoms. The first-order valence-corrected chi connectivity index (χ1v) is 7.82. The Bertz CT molecular complexity index is 716. The minimum Gasteiger partial charge on any atom is -0.478 e. The van der Waals surface area contributed by atoms with E-state index in [4.69, 9.17) is 11.6 Å². The fourth-order valence-corrected chi connectivity index (χ4v) is 3.17. The van der Waals surface area contributed by atoms with Gasteiger partial charge in [0.1, 0.15) is 0 Å². The van der Waals surface area contributed by atoms with Crippen LogP contribution >= 0.6 is 11.6 Å². The van der Waals surface area contributed by atoms with Crippen molar-refractivity contribution < 1.29 is 9.90 Å². The van der Waals surface area contributed by atoms with E-state index in [1.165, 1.54) is 5.56 Å². The lowest BCUT2D eigenvalue weighted by Crippen LogP contribution is -1.97. The number of carbonyl (C=O) groups is 1. The Balaban J connectivity index is 1.68. The molecule has 0 saturated carbocycles. The highest BCUT2D eigenvalue weighted by Gasteiger charge is 2.26. The third kappa shape index (κ3) is 3.07. The van der Waals surface area contributed by atoms with Gasteiger partial charge in [0.15, 0.2) is 0 Å². The Hall–Kier alpha value is -2.06.